The molecule has 176 valence electrons. The number of morpholine rings is 1. The zero-order valence-electron chi connectivity index (χ0n) is 18.3. The molecular formula is C23H21N3O6S2. The summed E-state index contributed by atoms with van der Waals surface area (Å²) in [5, 5.41) is 11.1. The maximum absolute atomic E-state index is 12.8. The van der Waals surface area contributed by atoms with E-state index in [4.69, 9.17) is 4.74 Å². The van der Waals surface area contributed by atoms with Gasteiger partial charge in [0.2, 0.25) is 5.91 Å². The highest BCUT2D eigenvalue weighted by Crippen LogP contribution is 2.37. The van der Waals surface area contributed by atoms with Gasteiger partial charge in [0.05, 0.1) is 27.9 Å². The van der Waals surface area contributed by atoms with E-state index >= 15 is 0 Å². The number of ether oxygens (including phenoxy) is 1. The van der Waals surface area contributed by atoms with Gasteiger partial charge < -0.3 is 9.64 Å². The molecule has 0 radical (unpaired) electrons. The van der Waals surface area contributed by atoms with Crippen LogP contribution >= 0.6 is 23.5 Å². The third-order valence-corrected chi connectivity index (χ3v) is 7.24. The van der Waals surface area contributed by atoms with Crippen molar-refractivity contribution in [2.75, 3.05) is 32.8 Å². The minimum absolute atomic E-state index is 0.0963. The number of nitro groups is 1. The number of carbonyl (C=O) groups excluding carboxylic acids is 3. The number of imide groups is 1. The summed E-state index contributed by atoms with van der Waals surface area (Å²) in [7, 11) is 0. The number of benzene rings is 2. The fraction of sp³-hybridized carbons (Fsp3) is 0.261. The number of nitro benzene ring substituents is 1. The molecule has 2 aliphatic rings. The number of rotatable bonds is 6. The topological polar surface area (TPSA) is 110 Å². The van der Waals surface area contributed by atoms with E-state index in [0.717, 1.165) is 15.4 Å². The Kier molecular flexibility index (Phi) is 7.35. The minimum Gasteiger partial charge on any atom is -0.378 e. The molecule has 2 fully saturated rings. The van der Waals surface area contributed by atoms with E-state index in [-0.39, 0.29) is 23.0 Å². The van der Waals surface area contributed by atoms with Crippen LogP contribution in [-0.2, 0) is 14.3 Å². The van der Waals surface area contributed by atoms with Crippen molar-refractivity contribution in [2.24, 2.45) is 0 Å². The maximum Gasteiger partial charge on any atom is 0.294 e. The average molecular weight is 500 g/mol. The first-order valence-corrected chi connectivity index (χ1v) is 12.1. The molecule has 2 saturated heterocycles. The molecule has 0 saturated carbocycles. The van der Waals surface area contributed by atoms with Gasteiger partial charge >= 0.3 is 0 Å². The molecule has 4 rings (SSSR count). The van der Waals surface area contributed by atoms with Crippen molar-refractivity contribution < 1.29 is 24.0 Å². The number of nitrogens with zero attached hydrogens (tertiary/aromatic N) is 3. The fourth-order valence-corrected chi connectivity index (χ4v) is 5.16. The van der Waals surface area contributed by atoms with Crippen LogP contribution in [-0.4, -0.2) is 64.6 Å². The van der Waals surface area contributed by atoms with Crippen molar-refractivity contribution in [2.45, 2.75) is 16.7 Å². The Morgan fingerprint density at radius 3 is 2.56 bits per heavy atom. The number of aryl methyl sites for hydroxylation is 1. The monoisotopic (exact) mass is 499 g/mol. The third kappa shape index (κ3) is 5.49. The Hall–Kier alpha value is -3.15. The maximum atomic E-state index is 12.8. The zero-order chi connectivity index (χ0) is 24.2. The lowest BCUT2D eigenvalue weighted by atomic mass is 10.2. The summed E-state index contributed by atoms with van der Waals surface area (Å²) < 4.78 is 5.21. The lowest BCUT2D eigenvalue weighted by Gasteiger charge is -2.28. The first-order valence-electron chi connectivity index (χ1n) is 10.5. The van der Waals surface area contributed by atoms with Gasteiger partial charge in [-0.15, -0.1) is 0 Å². The number of hydrogen-bond donors (Lipinski definition) is 0. The van der Waals surface area contributed by atoms with Crippen LogP contribution in [0.1, 0.15) is 11.1 Å². The Balaban J connectivity index is 1.51. The second kappa shape index (κ2) is 10.4. The number of amides is 3. The molecule has 0 aliphatic carbocycles. The Labute approximate surface area is 204 Å². The number of carbonyl (C=O) groups is 3. The van der Waals surface area contributed by atoms with Gasteiger partial charge in [-0.2, -0.15) is 0 Å². The predicted molar refractivity (Wildman–Crippen MR) is 128 cm³/mol. The molecule has 0 spiro atoms. The van der Waals surface area contributed by atoms with Crippen molar-refractivity contribution in [1.82, 2.24) is 9.80 Å². The van der Waals surface area contributed by atoms with Crippen LogP contribution < -0.4 is 0 Å². The minimum atomic E-state index is -0.586. The molecule has 2 aromatic carbocycles. The van der Waals surface area contributed by atoms with E-state index < -0.39 is 16.1 Å². The molecule has 3 amide bonds. The highest BCUT2D eigenvalue weighted by atomic mass is 32.2. The molecule has 0 atom stereocenters. The van der Waals surface area contributed by atoms with Crippen LogP contribution in [0.4, 0.5) is 10.5 Å². The average Bonchev–Trinajstić information content (AvgIpc) is 3.09. The lowest BCUT2D eigenvalue weighted by molar-refractivity contribution is -0.387. The summed E-state index contributed by atoms with van der Waals surface area (Å²) in [4.78, 5) is 52.7. The summed E-state index contributed by atoms with van der Waals surface area (Å²) in [5.41, 5.74) is 1.42. The fourth-order valence-electron chi connectivity index (χ4n) is 3.42. The molecule has 0 aromatic heterocycles. The molecule has 2 heterocycles. The molecule has 0 bridgehead atoms. The predicted octanol–water partition coefficient (Wildman–Crippen LogP) is 3.95. The van der Waals surface area contributed by atoms with E-state index in [1.54, 1.807) is 17.0 Å². The van der Waals surface area contributed by atoms with Gasteiger partial charge in [-0.3, -0.25) is 29.4 Å². The number of thioether (sulfide) groups is 1. The second-order valence-corrected chi connectivity index (χ2v) is 9.77. The second-order valence-electron chi connectivity index (χ2n) is 7.66. The van der Waals surface area contributed by atoms with Gasteiger partial charge in [-0.1, -0.05) is 35.5 Å². The molecule has 11 heteroatoms. The Morgan fingerprint density at radius 2 is 1.88 bits per heavy atom. The highest BCUT2D eigenvalue weighted by Gasteiger charge is 2.37. The summed E-state index contributed by atoms with van der Waals surface area (Å²) >= 11 is 1.99. The largest absolute Gasteiger partial charge is 0.378 e. The highest BCUT2D eigenvalue weighted by molar-refractivity contribution is 8.18. The summed E-state index contributed by atoms with van der Waals surface area (Å²) in [5.74, 6) is -0.905. The van der Waals surface area contributed by atoms with Gasteiger partial charge in [0, 0.05) is 24.1 Å². The van der Waals surface area contributed by atoms with Crippen LogP contribution in [0.15, 0.2) is 57.2 Å². The van der Waals surface area contributed by atoms with Gasteiger partial charge in [0.1, 0.15) is 6.54 Å². The first-order chi connectivity index (χ1) is 16.3. The van der Waals surface area contributed by atoms with Crippen molar-refractivity contribution in [3.8, 4) is 0 Å². The van der Waals surface area contributed by atoms with Gasteiger partial charge in [0.25, 0.3) is 16.8 Å². The van der Waals surface area contributed by atoms with Crippen molar-refractivity contribution in [3.05, 3.63) is 68.6 Å². The molecule has 34 heavy (non-hydrogen) atoms. The van der Waals surface area contributed by atoms with E-state index in [1.165, 1.54) is 23.9 Å². The van der Waals surface area contributed by atoms with Crippen LogP contribution in [0.25, 0.3) is 6.08 Å². The molecule has 0 unspecified atom stereocenters. The van der Waals surface area contributed by atoms with Crippen LogP contribution in [0.2, 0.25) is 0 Å². The Bertz CT molecular complexity index is 1180. The van der Waals surface area contributed by atoms with Gasteiger partial charge in [-0.25, -0.2) is 0 Å². The number of hydrogen-bond acceptors (Lipinski definition) is 8. The summed E-state index contributed by atoms with van der Waals surface area (Å²) in [6, 6.07) is 12.3. The van der Waals surface area contributed by atoms with E-state index in [9.17, 15) is 24.5 Å². The summed E-state index contributed by atoms with van der Waals surface area (Å²) in [6.45, 7) is 3.30. The first kappa shape index (κ1) is 24.0. The van der Waals surface area contributed by atoms with Gasteiger partial charge in [-0.05, 0) is 48.5 Å². The van der Waals surface area contributed by atoms with Crippen LogP contribution in [0.3, 0.4) is 0 Å². The Morgan fingerprint density at radius 1 is 1.18 bits per heavy atom. The van der Waals surface area contributed by atoms with Crippen molar-refractivity contribution >= 4 is 52.3 Å². The SMILES string of the molecule is Cc1ccc(Sc2ccc(/C=C3\SC(=O)N(CC(=O)N4CCOCC4)C3=O)cc2[N+](=O)[O-])cc1. The normalized spacial score (nSPS) is 17.5. The molecular weight excluding hydrogens is 478 g/mol. The molecule has 9 nitrogen and oxygen atoms in total. The molecule has 0 N–H and O–H groups in total. The summed E-state index contributed by atoms with van der Waals surface area (Å²) in [6.07, 6.45) is 1.44. The lowest BCUT2D eigenvalue weighted by Crippen LogP contribution is -2.46. The van der Waals surface area contributed by atoms with Gasteiger partial charge in [0.15, 0.2) is 0 Å². The smallest absolute Gasteiger partial charge is 0.294 e. The quantitative estimate of drug-likeness (QED) is 0.334. The van der Waals surface area contributed by atoms with Crippen LogP contribution in [0.5, 0.6) is 0 Å². The zero-order valence-corrected chi connectivity index (χ0v) is 19.9. The van der Waals surface area contributed by atoms with E-state index in [0.29, 0.717) is 48.5 Å². The van der Waals surface area contributed by atoms with Crippen LogP contribution in [0, 0.1) is 17.0 Å². The standard InChI is InChI=1S/C23H21N3O6S2/c1-15-2-5-17(6-3-15)33-19-7-4-16(12-18(19)26(30)31)13-20-22(28)25(23(29)34-20)14-21(27)24-8-10-32-11-9-24/h2-7,12-13H,8-11,14H2,1H3/b20-13-. The molecule has 2 aromatic rings. The third-order valence-electron chi connectivity index (χ3n) is 5.26. The van der Waals surface area contributed by atoms with Crippen molar-refractivity contribution in [3.63, 3.8) is 0 Å². The van der Waals surface area contributed by atoms with E-state index in [2.05, 4.69) is 0 Å². The van der Waals surface area contributed by atoms with E-state index in [1.807, 2.05) is 31.2 Å². The van der Waals surface area contributed by atoms with Crippen molar-refractivity contribution in [1.29, 1.82) is 0 Å². The molecule has 2 aliphatic heterocycles.